The van der Waals surface area contributed by atoms with Crippen molar-refractivity contribution in [2.24, 2.45) is 0 Å². The normalized spacial score (nSPS) is 19.5. The van der Waals surface area contributed by atoms with E-state index in [9.17, 15) is 4.79 Å². The fourth-order valence-electron chi connectivity index (χ4n) is 4.04. The molecule has 1 aromatic heterocycles. The van der Waals surface area contributed by atoms with Crippen molar-refractivity contribution in [2.45, 2.75) is 31.2 Å². The first-order valence-electron chi connectivity index (χ1n) is 10.4. The Hall–Kier alpha value is -2.87. The van der Waals surface area contributed by atoms with E-state index in [0.29, 0.717) is 29.5 Å². The molecule has 1 N–H and O–H groups in total. The minimum Gasteiger partial charge on any atom is -0.497 e. The van der Waals surface area contributed by atoms with Crippen LogP contribution in [-0.2, 0) is 4.74 Å². The number of rotatable bonds is 6. The van der Waals surface area contributed by atoms with Crippen LogP contribution in [-0.4, -0.2) is 62.4 Å². The van der Waals surface area contributed by atoms with Crippen molar-refractivity contribution in [1.29, 1.82) is 0 Å². The maximum absolute atomic E-state index is 12.8. The van der Waals surface area contributed by atoms with Gasteiger partial charge >= 0.3 is 0 Å². The van der Waals surface area contributed by atoms with Gasteiger partial charge in [0.25, 0.3) is 5.91 Å². The second-order valence-corrected chi connectivity index (χ2v) is 7.64. The molecule has 1 aromatic carbocycles. The topological polar surface area (TPSA) is 85.8 Å². The first kappa shape index (κ1) is 20.4. The lowest BCUT2D eigenvalue weighted by molar-refractivity contribution is 0.0845. The molecular formula is C22H28N4O4. The average molecular weight is 412 g/mol. The van der Waals surface area contributed by atoms with Gasteiger partial charge in [-0.05, 0) is 37.5 Å². The molecule has 0 saturated carbocycles. The first-order valence-corrected chi connectivity index (χ1v) is 10.4. The molecule has 1 unspecified atom stereocenters. The average Bonchev–Trinajstić information content (AvgIpc) is 3.27. The number of amides is 1. The van der Waals surface area contributed by atoms with Crippen LogP contribution in [0.15, 0.2) is 30.5 Å². The lowest BCUT2D eigenvalue weighted by Crippen LogP contribution is -2.37. The second-order valence-electron chi connectivity index (χ2n) is 7.64. The quantitative estimate of drug-likeness (QED) is 0.780. The Kier molecular flexibility index (Phi) is 6.32. The number of hydrogen-bond acceptors (Lipinski definition) is 7. The fraction of sp³-hybridized carbons (Fsp3) is 0.500. The molecule has 8 nitrogen and oxygen atoms in total. The number of ether oxygens (including phenoxy) is 3. The Bertz CT molecular complexity index is 885. The summed E-state index contributed by atoms with van der Waals surface area (Å²) < 4.78 is 16.0. The van der Waals surface area contributed by atoms with Crippen molar-refractivity contribution in [2.75, 3.05) is 45.4 Å². The largest absolute Gasteiger partial charge is 0.497 e. The molecular weight excluding hydrogens is 384 g/mol. The summed E-state index contributed by atoms with van der Waals surface area (Å²) >= 11 is 0. The Balaban J connectivity index is 1.40. The third-order valence-electron chi connectivity index (χ3n) is 5.76. The lowest BCUT2D eigenvalue weighted by Gasteiger charge is -2.23. The van der Waals surface area contributed by atoms with E-state index in [4.69, 9.17) is 19.2 Å². The molecule has 2 aliphatic rings. The molecule has 2 aliphatic heterocycles. The second kappa shape index (κ2) is 9.30. The van der Waals surface area contributed by atoms with Crippen LogP contribution in [0.5, 0.6) is 11.5 Å². The third-order valence-corrected chi connectivity index (χ3v) is 5.76. The molecule has 2 fully saturated rings. The van der Waals surface area contributed by atoms with Gasteiger partial charge in [0.2, 0.25) is 5.95 Å². The van der Waals surface area contributed by atoms with Crippen LogP contribution in [0, 0.1) is 0 Å². The van der Waals surface area contributed by atoms with Gasteiger partial charge in [0, 0.05) is 56.2 Å². The maximum Gasteiger partial charge on any atom is 0.255 e. The summed E-state index contributed by atoms with van der Waals surface area (Å²) in [7, 11) is 3.13. The Morgan fingerprint density at radius 2 is 2.00 bits per heavy atom. The Labute approximate surface area is 176 Å². The van der Waals surface area contributed by atoms with E-state index >= 15 is 0 Å². The molecule has 0 spiro atoms. The number of hydrogen-bond donors (Lipinski definition) is 1. The highest BCUT2D eigenvalue weighted by Crippen LogP contribution is 2.27. The molecule has 1 atom stereocenters. The number of anilines is 1. The van der Waals surface area contributed by atoms with Gasteiger partial charge in [-0.25, -0.2) is 9.97 Å². The van der Waals surface area contributed by atoms with Crippen molar-refractivity contribution in [1.82, 2.24) is 15.3 Å². The van der Waals surface area contributed by atoms with Gasteiger partial charge in [0.05, 0.1) is 19.8 Å². The summed E-state index contributed by atoms with van der Waals surface area (Å²) in [4.78, 5) is 24.2. The number of aromatic nitrogens is 2. The SMILES string of the molecule is COc1ccc(C(=O)NC2CCN(c3nccc(C4CCOCC4)n3)C2)c(OC)c1. The zero-order valence-electron chi connectivity index (χ0n) is 17.5. The minimum absolute atomic E-state index is 0.0274. The Morgan fingerprint density at radius 1 is 1.17 bits per heavy atom. The van der Waals surface area contributed by atoms with Crippen LogP contribution < -0.4 is 19.7 Å². The molecule has 8 heteroatoms. The van der Waals surface area contributed by atoms with Crippen LogP contribution in [0.2, 0.25) is 0 Å². The summed E-state index contributed by atoms with van der Waals surface area (Å²) in [5.41, 5.74) is 1.58. The van der Waals surface area contributed by atoms with Crippen LogP contribution in [0.4, 0.5) is 5.95 Å². The van der Waals surface area contributed by atoms with Crippen LogP contribution in [0.25, 0.3) is 0 Å². The number of methoxy groups -OCH3 is 2. The van der Waals surface area contributed by atoms with Crippen molar-refractivity contribution in [3.05, 3.63) is 41.7 Å². The molecule has 3 heterocycles. The molecule has 0 aliphatic carbocycles. The smallest absolute Gasteiger partial charge is 0.255 e. The minimum atomic E-state index is -0.154. The zero-order valence-corrected chi connectivity index (χ0v) is 17.5. The maximum atomic E-state index is 12.8. The highest BCUT2D eigenvalue weighted by atomic mass is 16.5. The molecule has 160 valence electrons. The van der Waals surface area contributed by atoms with Crippen molar-refractivity contribution < 1.29 is 19.0 Å². The molecule has 0 radical (unpaired) electrons. The number of nitrogens with zero attached hydrogens (tertiary/aromatic N) is 3. The van der Waals surface area contributed by atoms with Crippen LogP contribution in [0.3, 0.4) is 0 Å². The van der Waals surface area contributed by atoms with E-state index in [1.54, 1.807) is 32.4 Å². The van der Waals surface area contributed by atoms with Crippen LogP contribution in [0.1, 0.15) is 41.2 Å². The van der Waals surface area contributed by atoms with Gasteiger partial charge in [-0.2, -0.15) is 0 Å². The monoisotopic (exact) mass is 412 g/mol. The summed E-state index contributed by atoms with van der Waals surface area (Å²) in [6, 6.07) is 7.23. The van der Waals surface area contributed by atoms with Gasteiger partial charge in [0.1, 0.15) is 11.5 Å². The van der Waals surface area contributed by atoms with Gasteiger partial charge in [-0.15, -0.1) is 0 Å². The van der Waals surface area contributed by atoms with Crippen molar-refractivity contribution >= 4 is 11.9 Å². The van der Waals surface area contributed by atoms with Gasteiger partial charge in [-0.3, -0.25) is 4.79 Å². The fourth-order valence-corrected chi connectivity index (χ4v) is 4.04. The van der Waals surface area contributed by atoms with Crippen LogP contribution >= 0.6 is 0 Å². The number of nitrogens with one attached hydrogen (secondary N) is 1. The summed E-state index contributed by atoms with van der Waals surface area (Å²) in [6.07, 6.45) is 4.67. The highest BCUT2D eigenvalue weighted by Gasteiger charge is 2.27. The Morgan fingerprint density at radius 3 is 2.77 bits per heavy atom. The number of carbonyl (C=O) groups is 1. The number of carbonyl (C=O) groups excluding carboxylic acids is 1. The standard InChI is InChI=1S/C22H28N4O4/c1-28-17-3-4-18(20(13-17)29-2)21(27)24-16-6-10-26(14-16)22-23-9-5-19(25-22)15-7-11-30-12-8-15/h3-5,9,13,15-16H,6-8,10-12,14H2,1-2H3,(H,24,27). The van der Waals surface area contributed by atoms with Gasteiger partial charge in [-0.1, -0.05) is 0 Å². The molecule has 30 heavy (non-hydrogen) atoms. The van der Waals surface area contributed by atoms with E-state index in [-0.39, 0.29) is 11.9 Å². The highest BCUT2D eigenvalue weighted by molar-refractivity contribution is 5.97. The van der Waals surface area contributed by atoms with E-state index < -0.39 is 0 Å². The number of benzene rings is 1. The predicted molar refractivity (Wildman–Crippen MR) is 112 cm³/mol. The molecule has 4 rings (SSSR count). The summed E-state index contributed by atoms with van der Waals surface area (Å²) in [5.74, 6) is 2.16. The third kappa shape index (κ3) is 4.48. The molecule has 2 aromatic rings. The van der Waals surface area contributed by atoms with E-state index in [2.05, 4.69) is 15.2 Å². The van der Waals surface area contributed by atoms with Crippen molar-refractivity contribution in [3.63, 3.8) is 0 Å². The first-order chi connectivity index (χ1) is 14.7. The molecule has 1 amide bonds. The predicted octanol–water partition coefficient (Wildman–Crippen LogP) is 2.40. The zero-order chi connectivity index (χ0) is 20.9. The van der Waals surface area contributed by atoms with E-state index in [1.807, 2.05) is 12.3 Å². The summed E-state index contributed by atoms with van der Waals surface area (Å²) in [5, 5.41) is 3.11. The lowest BCUT2D eigenvalue weighted by atomic mass is 9.96. The summed E-state index contributed by atoms with van der Waals surface area (Å²) in [6.45, 7) is 3.07. The van der Waals surface area contributed by atoms with Gasteiger partial charge < -0.3 is 24.4 Å². The van der Waals surface area contributed by atoms with E-state index in [0.717, 1.165) is 50.7 Å². The van der Waals surface area contributed by atoms with Gasteiger partial charge in [0.15, 0.2) is 0 Å². The molecule has 0 bridgehead atoms. The van der Waals surface area contributed by atoms with E-state index in [1.165, 1.54) is 0 Å². The molecule has 2 saturated heterocycles. The van der Waals surface area contributed by atoms with Crippen molar-refractivity contribution in [3.8, 4) is 11.5 Å².